The summed E-state index contributed by atoms with van der Waals surface area (Å²) in [4.78, 5) is 41.1. The molecule has 0 aromatic carbocycles. The molecule has 46 heavy (non-hydrogen) atoms. The Morgan fingerprint density at radius 3 is 2.67 bits per heavy atom. The number of nitrogens with zero attached hydrogens (tertiary/aromatic N) is 6. The molecular formula is C33H37N7O5S. The van der Waals surface area contributed by atoms with Gasteiger partial charge in [-0.2, -0.15) is 5.10 Å². The number of carbonyl (C=O) groups is 2. The predicted octanol–water partition coefficient (Wildman–Crippen LogP) is 2.79. The van der Waals surface area contributed by atoms with Crippen LogP contribution in [-0.2, 0) is 30.6 Å². The summed E-state index contributed by atoms with van der Waals surface area (Å²) < 4.78 is 5.34. The molecule has 3 N–H and O–H groups in total. The second-order valence-corrected chi connectivity index (χ2v) is 14.0. The summed E-state index contributed by atoms with van der Waals surface area (Å²) in [7, 11) is 1.64. The first-order valence-electron chi connectivity index (χ1n) is 15.5. The summed E-state index contributed by atoms with van der Waals surface area (Å²) in [5.41, 5.74) is 5.17. The van der Waals surface area contributed by atoms with Crippen LogP contribution in [0.15, 0.2) is 47.5 Å². The van der Waals surface area contributed by atoms with Crippen LogP contribution >= 0.6 is 11.3 Å². The number of hydrazone groups is 1. The summed E-state index contributed by atoms with van der Waals surface area (Å²) in [6.45, 7) is 6.78. The van der Waals surface area contributed by atoms with Crippen LogP contribution in [0.2, 0.25) is 0 Å². The molecule has 3 aliphatic heterocycles. The number of rotatable bonds is 6. The number of aromatic nitrogens is 2. The van der Waals surface area contributed by atoms with Crippen LogP contribution in [0.25, 0.3) is 0 Å². The van der Waals surface area contributed by atoms with Gasteiger partial charge in [0.25, 0.3) is 11.8 Å². The van der Waals surface area contributed by atoms with Crippen LogP contribution in [-0.4, -0.2) is 93.7 Å². The van der Waals surface area contributed by atoms with E-state index in [-0.39, 0.29) is 23.8 Å². The van der Waals surface area contributed by atoms with Gasteiger partial charge in [-0.3, -0.25) is 19.5 Å². The number of amides is 2. The van der Waals surface area contributed by atoms with Gasteiger partial charge in [-0.25, -0.2) is 9.97 Å². The first kappa shape index (κ1) is 30.5. The monoisotopic (exact) mass is 643 g/mol. The molecule has 0 saturated carbocycles. The topological polar surface area (TPSA) is 144 Å². The summed E-state index contributed by atoms with van der Waals surface area (Å²) in [6.07, 6.45) is 6.45. The molecule has 0 bridgehead atoms. The minimum absolute atomic E-state index is 0.0875. The first-order valence-corrected chi connectivity index (χ1v) is 16.3. The molecule has 1 fully saturated rings. The van der Waals surface area contributed by atoms with Gasteiger partial charge in [-0.05, 0) is 60.1 Å². The molecule has 7 rings (SSSR count). The number of thiophene rings is 1. The van der Waals surface area contributed by atoms with Crippen molar-refractivity contribution in [3.63, 3.8) is 0 Å². The van der Waals surface area contributed by atoms with Crippen molar-refractivity contribution >= 4 is 40.5 Å². The van der Waals surface area contributed by atoms with Gasteiger partial charge in [0.2, 0.25) is 0 Å². The van der Waals surface area contributed by atoms with Crippen molar-refractivity contribution in [1.82, 2.24) is 19.9 Å². The van der Waals surface area contributed by atoms with Gasteiger partial charge in [-0.1, -0.05) is 13.8 Å². The van der Waals surface area contributed by atoms with Gasteiger partial charge in [0, 0.05) is 55.1 Å². The van der Waals surface area contributed by atoms with Crippen molar-refractivity contribution in [3.05, 3.63) is 79.9 Å². The number of aliphatic hydroxyl groups excluding tert-OH is 2. The number of morpholine rings is 1. The van der Waals surface area contributed by atoms with Crippen LogP contribution in [0.1, 0.15) is 61.0 Å². The normalized spacial score (nSPS) is 20.7. The van der Waals surface area contributed by atoms with E-state index in [1.807, 2.05) is 0 Å². The SMILES string of the molecule is CN1N=C(c2ccnc(N3CCc4c(sc5c4CC(C)(C)C5)C3=O)c2CO)C=C(Nc2ccc(C(=O)N3CCOCC3)cn2)C1O. The predicted molar refractivity (Wildman–Crippen MR) is 174 cm³/mol. The number of hydrogen-bond donors (Lipinski definition) is 3. The van der Waals surface area contributed by atoms with E-state index in [9.17, 15) is 19.8 Å². The van der Waals surface area contributed by atoms with E-state index >= 15 is 0 Å². The highest BCUT2D eigenvalue weighted by Crippen LogP contribution is 2.45. The zero-order valence-electron chi connectivity index (χ0n) is 26.1. The molecule has 2 amide bonds. The average molecular weight is 644 g/mol. The number of aliphatic hydroxyl groups is 2. The molecule has 1 unspecified atom stereocenters. The number of pyridine rings is 2. The second-order valence-electron chi connectivity index (χ2n) is 12.8. The maximum absolute atomic E-state index is 13.8. The number of fused-ring (bicyclic) bond motifs is 3. The van der Waals surface area contributed by atoms with Gasteiger partial charge in [0.1, 0.15) is 11.6 Å². The van der Waals surface area contributed by atoms with E-state index in [1.165, 1.54) is 27.2 Å². The fraction of sp³-hybridized carbons (Fsp3) is 0.424. The number of carbonyl (C=O) groups excluding carboxylic acids is 2. The van der Waals surface area contributed by atoms with Crippen LogP contribution < -0.4 is 10.2 Å². The third-order valence-corrected chi connectivity index (χ3v) is 10.3. The summed E-state index contributed by atoms with van der Waals surface area (Å²) in [5, 5.41) is 30.7. The Balaban J connectivity index is 1.14. The van der Waals surface area contributed by atoms with Crippen molar-refractivity contribution < 1.29 is 24.5 Å². The molecule has 12 nitrogen and oxygen atoms in total. The lowest BCUT2D eigenvalue weighted by Crippen LogP contribution is -2.40. The van der Waals surface area contributed by atoms with E-state index in [1.54, 1.807) is 58.7 Å². The maximum Gasteiger partial charge on any atom is 0.269 e. The Kier molecular flexibility index (Phi) is 7.87. The summed E-state index contributed by atoms with van der Waals surface area (Å²) in [5.74, 6) is 0.660. The molecule has 6 heterocycles. The average Bonchev–Trinajstić information content (AvgIpc) is 3.55. The van der Waals surface area contributed by atoms with Crippen molar-refractivity contribution in [1.29, 1.82) is 0 Å². The number of nitrogens with one attached hydrogen (secondary N) is 1. The van der Waals surface area contributed by atoms with Gasteiger partial charge in [0.15, 0.2) is 6.23 Å². The highest BCUT2D eigenvalue weighted by Gasteiger charge is 2.39. The van der Waals surface area contributed by atoms with Gasteiger partial charge >= 0.3 is 0 Å². The number of ether oxygens (including phenoxy) is 1. The molecule has 4 aliphatic rings. The largest absolute Gasteiger partial charge is 0.392 e. The zero-order chi connectivity index (χ0) is 32.2. The lowest BCUT2D eigenvalue weighted by molar-refractivity contribution is 0.0302. The standard InChI is InChI=1S/C33H37N7O5S/c1-33(2)15-22-21-7-9-40(32(44)28(21)46-26(22)16-33)29-23(18-41)20(6-8-34-29)24-14-25(31(43)38(3)37-24)36-27-5-4-19(17-35-27)30(42)39-10-12-45-13-11-39/h4-6,8,14,17,31,41,43H,7,9-13,15-16,18H2,1-3H3,(H,35,36). The Morgan fingerprint density at radius 1 is 1.13 bits per heavy atom. The van der Waals surface area contributed by atoms with E-state index in [4.69, 9.17) is 4.74 Å². The van der Waals surface area contributed by atoms with Crippen LogP contribution in [0.3, 0.4) is 0 Å². The molecule has 13 heteroatoms. The number of anilines is 2. The van der Waals surface area contributed by atoms with Crippen LogP contribution in [0.4, 0.5) is 11.6 Å². The fourth-order valence-corrected chi connectivity index (χ4v) is 8.25. The Hall–Kier alpha value is -4.17. The van der Waals surface area contributed by atoms with Crippen molar-refractivity contribution in [2.24, 2.45) is 10.5 Å². The van der Waals surface area contributed by atoms with Crippen LogP contribution in [0.5, 0.6) is 0 Å². The lowest BCUT2D eigenvalue weighted by atomic mass is 9.89. The van der Waals surface area contributed by atoms with E-state index in [2.05, 4.69) is 34.2 Å². The Morgan fingerprint density at radius 2 is 1.93 bits per heavy atom. The van der Waals surface area contributed by atoms with Crippen LogP contribution in [0, 0.1) is 5.41 Å². The smallest absolute Gasteiger partial charge is 0.269 e. The molecular weight excluding hydrogens is 606 g/mol. The van der Waals surface area contributed by atoms with E-state index in [0.717, 1.165) is 24.1 Å². The number of hydrogen-bond acceptors (Lipinski definition) is 11. The highest BCUT2D eigenvalue weighted by molar-refractivity contribution is 7.14. The van der Waals surface area contributed by atoms with Crippen molar-refractivity contribution in [3.8, 4) is 0 Å². The van der Waals surface area contributed by atoms with Gasteiger partial charge < -0.3 is 25.2 Å². The maximum atomic E-state index is 13.8. The number of allylic oxidation sites excluding steroid dienone is 1. The molecule has 240 valence electrons. The zero-order valence-corrected chi connectivity index (χ0v) is 26.9. The molecule has 1 saturated heterocycles. The van der Waals surface area contributed by atoms with E-state index in [0.29, 0.717) is 72.6 Å². The molecule has 0 spiro atoms. The van der Waals surface area contributed by atoms with Gasteiger partial charge in [-0.15, -0.1) is 11.3 Å². The Labute approximate surface area is 271 Å². The molecule has 3 aromatic rings. The number of likely N-dealkylation sites (N-methyl/N-ethyl adjacent to an activating group) is 1. The molecule has 3 aromatic heterocycles. The summed E-state index contributed by atoms with van der Waals surface area (Å²) >= 11 is 1.60. The minimum Gasteiger partial charge on any atom is -0.392 e. The third-order valence-electron chi connectivity index (χ3n) is 9.01. The Bertz CT molecular complexity index is 1760. The third kappa shape index (κ3) is 5.46. The second kappa shape index (κ2) is 11.9. The molecule has 0 radical (unpaired) electrons. The summed E-state index contributed by atoms with van der Waals surface area (Å²) in [6, 6.07) is 5.14. The highest BCUT2D eigenvalue weighted by atomic mass is 32.1. The quantitative estimate of drug-likeness (QED) is 0.370. The molecule has 1 atom stereocenters. The minimum atomic E-state index is -1.09. The first-order chi connectivity index (χ1) is 22.1. The lowest BCUT2D eigenvalue weighted by Gasteiger charge is -2.31. The van der Waals surface area contributed by atoms with Crippen molar-refractivity contribution in [2.75, 3.05) is 50.1 Å². The van der Waals surface area contributed by atoms with Crippen molar-refractivity contribution in [2.45, 2.75) is 45.9 Å². The fourth-order valence-electron chi connectivity index (χ4n) is 6.67. The van der Waals surface area contributed by atoms with E-state index < -0.39 is 6.23 Å². The molecule has 1 aliphatic carbocycles. The van der Waals surface area contributed by atoms with Gasteiger partial charge in [0.05, 0.1) is 41.7 Å².